The summed E-state index contributed by atoms with van der Waals surface area (Å²) < 4.78 is 18.5. The third kappa shape index (κ3) is 5.57. The van der Waals surface area contributed by atoms with E-state index in [4.69, 9.17) is 4.74 Å². The Balaban J connectivity index is 2.42. The quantitative estimate of drug-likeness (QED) is 0.839. The van der Waals surface area contributed by atoms with E-state index in [2.05, 4.69) is 21.2 Å². The second-order valence-corrected chi connectivity index (χ2v) is 5.34. The number of carbonyl (C=O) groups excluding carboxylic acids is 1. The highest BCUT2D eigenvalue weighted by molar-refractivity contribution is 9.10. The molecule has 0 spiro atoms. The predicted molar refractivity (Wildman–Crippen MR) is 73.5 cm³/mol. The van der Waals surface area contributed by atoms with Gasteiger partial charge in [-0.1, -0.05) is 6.92 Å². The standard InChI is InChI=1S/C13H17BrFNO3/c1-3-13(2,18)8-16-12(17)7-19-11-5-4-9(15)6-10(11)14/h4-6,18H,3,7-8H2,1-2H3,(H,16,17). The van der Waals surface area contributed by atoms with E-state index in [1.54, 1.807) is 6.92 Å². The molecule has 0 saturated carbocycles. The molecular weight excluding hydrogens is 317 g/mol. The monoisotopic (exact) mass is 333 g/mol. The van der Waals surface area contributed by atoms with Gasteiger partial charge in [-0.25, -0.2) is 4.39 Å². The normalized spacial score (nSPS) is 13.7. The van der Waals surface area contributed by atoms with Crippen LogP contribution in [0.4, 0.5) is 4.39 Å². The van der Waals surface area contributed by atoms with Crippen molar-refractivity contribution in [2.75, 3.05) is 13.2 Å². The van der Waals surface area contributed by atoms with Crippen LogP contribution in [-0.4, -0.2) is 29.8 Å². The van der Waals surface area contributed by atoms with E-state index >= 15 is 0 Å². The highest BCUT2D eigenvalue weighted by atomic mass is 79.9. The van der Waals surface area contributed by atoms with Gasteiger partial charge in [-0.2, -0.15) is 0 Å². The van der Waals surface area contributed by atoms with E-state index < -0.39 is 5.60 Å². The van der Waals surface area contributed by atoms with Crippen LogP contribution < -0.4 is 10.1 Å². The number of aliphatic hydroxyl groups is 1. The number of rotatable bonds is 6. The van der Waals surface area contributed by atoms with E-state index in [1.807, 2.05) is 6.92 Å². The molecule has 1 aromatic carbocycles. The van der Waals surface area contributed by atoms with Crippen molar-refractivity contribution in [3.05, 3.63) is 28.5 Å². The Morgan fingerprint density at radius 3 is 2.84 bits per heavy atom. The number of hydrogen-bond acceptors (Lipinski definition) is 3. The van der Waals surface area contributed by atoms with Crippen LogP contribution in [0.25, 0.3) is 0 Å². The minimum absolute atomic E-state index is 0.163. The smallest absolute Gasteiger partial charge is 0.258 e. The number of amides is 1. The first-order chi connectivity index (χ1) is 8.84. The van der Waals surface area contributed by atoms with Crippen molar-refractivity contribution in [2.45, 2.75) is 25.9 Å². The molecule has 0 aromatic heterocycles. The lowest BCUT2D eigenvalue weighted by Crippen LogP contribution is -2.41. The summed E-state index contributed by atoms with van der Waals surface area (Å²) in [5.41, 5.74) is -0.924. The van der Waals surface area contributed by atoms with Crippen molar-refractivity contribution in [1.82, 2.24) is 5.32 Å². The van der Waals surface area contributed by atoms with Crippen molar-refractivity contribution < 1.29 is 19.0 Å². The van der Waals surface area contributed by atoms with Gasteiger partial charge in [0.15, 0.2) is 6.61 Å². The lowest BCUT2D eigenvalue weighted by Gasteiger charge is -2.21. The van der Waals surface area contributed by atoms with Crippen LogP contribution in [0.15, 0.2) is 22.7 Å². The summed E-state index contributed by atoms with van der Waals surface area (Å²) in [5, 5.41) is 12.3. The van der Waals surface area contributed by atoms with E-state index in [0.29, 0.717) is 16.6 Å². The SMILES string of the molecule is CCC(C)(O)CNC(=O)COc1ccc(F)cc1Br. The number of ether oxygens (including phenoxy) is 1. The van der Waals surface area contributed by atoms with Crippen LogP contribution in [0.1, 0.15) is 20.3 Å². The van der Waals surface area contributed by atoms with Crippen LogP contribution >= 0.6 is 15.9 Å². The Hall–Kier alpha value is -1.14. The Kier molecular flexibility index (Phi) is 5.75. The number of carbonyl (C=O) groups is 1. The summed E-state index contributed by atoms with van der Waals surface area (Å²) in [6.45, 7) is 3.45. The zero-order chi connectivity index (χ0) is 14.5. The maximum absolute atomic E-state index is 12.8. The van der Waals surface area contributed by atoms with Gasteiger partial charge in [-0.15, -0.1) is 0 Å². The van der Waals surface area contributed by atoms with Crippen molar-refractivity contribution in [3.8, 4) is 5.75 Å². The average Bonchev–Trinajstić information content (AvgIpc) is 2.35. The van der Waals surface area contributed by atoms with Crippen LogP contribution in [0.5, 0.6) is 5.75 Å². The molecule has 1 unspecified atom stereocenters. The molecule has 0 heterocycles. The molecular formula is C13H17BrFNO3. The Bertz CT molecular complexity index is 452. The summed E-state index contributed by atoms with van der Waals surface area (Å²) in [5.74, 6) is -0.341. The maximum atomic E-state index is 12.8. The van der Waals surface area contributed by atoms with Crippen molar-refractivity contribution in [1.29, 1.82) is 0 Å². The molecule has 6 heteroatoms. The molecule has 0 fully saturated rings. The van der Waals surface area contributed by atoms with Gasteiger partial charge >= 0.3 is 0 Å². The minimum atomic E-state index is -0.924. The van der Waals surface area contributed by atoms with Crippen LogP contribution in [0.3, 0.4) is 0 Å². The fraction of sp³-hybridized carbons (Fsp3) is 0.462. The number of nitrogens with one attached hydrogen (secondary N) is 1. The van der Waals surface area contributed by atoms with E-state index in [9.17, 15) is 14.3 Å². The first-order valence-corrected chi connectivity index (χ1v) is 6.70. The molecule has 0 aliphatic rings. The molecule has 2 N–H and O–H groups in total. The van der Waals surface area contributed by atoms with Crippen molar-refractivity contribution in [3.63, 3.8) is 0 Å². The average molecular weight is 334 g/mol. The molecule has 0 saturated heterocycles. The molecule has 1 atom stereocenters. The van der Waals surface area contributed by atoms with E-state index in [0.717, 1.165) is 0 Å². The first-order valence-electron chi connectivity index (χ1n) is 5.91. The maximum Gasteiger partial charge on any atom is 0.258 e. The number of halogens is 2. The van der Waals surface area contributed by atoms with Gasteiger partial charge in [0.25, 0.3) is 5.91 Å². The van der Waals surface area contributed by atoms with Gasteiger partial charge in [0.2, 0.25) is 0 Å². The lowest BCUT2D eigenvalue weighted by atomic mass is 10.0. The largest absolute Gasteiger partial charge is 0.483 e. The molecule has 106 valence electrons. The second-order valence-electron chi connectivity index (χ2n) is 4.49. The molecule has 4 nitrogen and oxygen atoms in total. The van der Waals surface area contributed by atoms with Crippen molar-refractivity contribution >= 4 is 21.8 Å². The molecule has 1 amide bonds. The molecule has 0 radical (unpaired) electrons. The van der Waals surface area contributed by atoms with Gasteiger partial charge in [-0.3, -0.25) is 4.79 Å². The number of hydrogen-bond donors (Lipinski definition) is 2. The summed E-state index contributed by atoms with van der Waals surface area (Å²) >= 11 is 3.14. The highest BCUT2D eigenvalue weighted by Gasteiger charge is 2.18. The summed E-state index contributed by atoms with van der Waals surface area (Å²) in [4.78, 5) is 11.5. The Morgan fingerprint density at radius 2 is 2.26 bits per heavy atom. The van der Waals surface area contributed by atoms with Crippen molar-refractivity contribution in [2.24, 2.45) is 0 Å². The van der Waals surface area contributed by atoms with Crippen LogP contribution in [-0.2, 0) is 4.79 Å². The fourth-order valence-electron chi connectivity index (χ4n) is 1.20. The third-order valence-electron chi connectivity index (χ3n) is 2.68. The molecule has 0 aliphatic heterocycles. The van der Waals surface area contributed by atoms with Gasteiger partial charge in [0.05, 0.1) is 10.1 Å². The highest BCUT2D eigenvalue weighted by Crippen LogP contribution is 2.25. The predicted octanol–water partition coefficient (Wildman–Crippen LogP) is 2.24. The molecule has 0 bridgehead atoms. The molecule has 0 aliphatic carbocycles. The zero-order valence-electron chi connectivity index (χ0n) is 10.9. The summed E-state index contributed by atoms with van der Waals surface area (Å²) in [6.07, 6.45) is 0.539. The molecule has 19 heavy (non-hydrogen) atoms. The van der Waals surface area contributed by atoms with Gasteiger partial charge in [0, 0.05) is 6.54 Å². The van der Waals surface area contributed by atoms with Gasteiger partial charge in [-0.05, 0) is 47.5 Å². The van der Waals surface area contributed by atoms with E-state index in [1.165, 1.54) is 18.2 Å². The summed E-state index contributed by atoms with van der Waals surface area (Å²) in [7, 11) is 0. The summed E-state index contributed by atoms with van der Waals surface area (Å²) in [6, 6.07) is 3.95. The fourth-order valence-corrected chi connectivity index (χ4v) is 1.67. The topological polar surface area (TPSA) is 58.6 Å². The van der Waals surface area contributed by atoms with Crippen LogP contribution in [0, 0.1) is 5.82 Å². The Morgan fingerprint density at radius 1 is 1.58 bits per heavy atom. The molecule has 1 aromatic rings. The number of benzene rings is 1. The van der Waals surface area contributed by atoms with Gasteiger partial charge in [0.1, 0.15) is 11.6 Å². The molecule has 1 rings (SSSR count). The zero-order valence-corrected chi connectivity index (χ0v) is 12.5. The lowest BCUT2D eigenvalue weighted by molar-refractivity contribution is -0.124. The third-order valence-corrected chi connectivity index (χ3v) is 3.30. The second kappa shape index (κ2) is 6.86. The Labute approximate surface area is 120 Å². The van der Waals surface area contributed by atoms with Gasteiger partial charge < -0.3 is 15.2 Å². The first kappa shape index (κ1) is 15.9. The minimum Gasteiger partial charge on any atom is -0.483 e. The van der Waals surface area contributed by atoms with Crippen LogP contribution in [0.2, 0.25) is 0 Å². The van der Waals surface area contributed by atoms with E-state index in [-0.39, 0.29) is 24.9 Å².